The summed E-state index contributed by atoms with van der Waals surface area (Å²) in [5, 5.41) is 10.3. The third kappa shape index (κ3) is 7.62. The van der Waals surface area contributed by atoms with Gasteiger partial charge in [0.05, 0.1) is 14.0 Å². The standard InChI is InChI=1S/C15H29OSi/c1-5-7-9-10-11-12-14-15(16,17(3)4)13-8-6-2/h1,16H,6-14H2,2-4H3. The Morgan fingerprint density at radius 3 is 2.18 bits per heavy atom. The van der Waals surface area contributed by atoms with Crippen LogP contribution in [0.25, 0.3) is 0 Å². The second kappa shape index (κ2) is 9.73. The lowest BCUT2D eigenvalue weighted by atomic mass is 10.0. The molecular weight excluding hydrogens is 224 g/mol. The van der Waals surface area contributed by atoms with Gasteiger partial charge in [0.15, 0.2) is 0 Å². The molecule has 0 aliphatic rings. The maximum Gasteiger partial charge on any atom is 0.0821 e. The topological polar surface area (TPSA) is 20.2 Å². The van der Waals surface area contributed by atoms with Crippen LogP contribution in [0.1, 0.15) is 64.7 Å². The van der Waals surface area contributed by atoms with Gasteiger partial charge in [-0.15, -0.1) is 12.3 Å². The summed E-state index contributed by atoms with van der Waals surface area (Å²) >= 11 is 0. The van der Waals surface area contributed by atoms with E-state index in [1.165, 1.54) is 19.3 Å². The maximum atomic E-state index is 10.6. The highest BCUT2D eigenvalue weighted by molar-refractivity contribution is 6.59. The molecule has 0 heterocycles. The van der Waals surface area contributed by atoms with E-state index in [2.05, 4.69) is 25.9 Å². The predicted molar refractivity (Wildman–Crippen MR) is 78.5 cm³/mol. The molecule has 0 bridgehead atoms. The Labute approximate surface area is 110 Å². The third-order valence-corrected chi connectivity index (χ3v) is 5.90. The normalized spacial score (nSPS) is 14.6. The summed E-state index contributed by atoms with van der Waals surface area (Å²) in [6, 6.07) is 0. The molecule has 1 N–H and O–H groups in total. The van der Waals surface area contributed by atoms with E-state index in [0.717, 1.165) is 38.5 Å². The molecule has 0 rings (SSSR count). The summed E-state index contributed by atoms with van der Waals surface area (Å²) in [5.74, 6) is 2.68. The number of aliphatic hydroxyl groups is 1. The highest BCUT2D eigenvalue weighted by Crippen LogP contribution is 2.25. The Morgan fingerprint density at radius 1 is 1.06 bits per heavy atom. The van der Waals surface area contributed by atoms with Gasteiger partial charge in [-0.1, -0.05) is 52.1 Å². The number of hydrogen-bond donors (Lipinski definition) is 1. The molecule has 0 spiro atoms. The molecule has 1 unspecified atom stereocenters. The van der Waals surface area contributed by atoms with Gasteiger partial charge in [-0.25, -0.2) is 0 Å². The third-order valence-electron chi connectivity index (χ3n) is 3.54. The molecule has 0 aromatic heterocycles. The average Bonchev–Trinajstić information content (AvgIpc) is 2.31. The highest BCUT2D eigenvalue weighted by atomic mass is 28.3. The number of terminal acetylenes is 1. The van der Waals surface area contributed by atoms with Crippen LogP contribution in [0.5, 0.6) is 0 Å². The Bertz CT molecular complexity index is 219. The number of unbranched alkanes of at least 4 members (excludes halogenated alkanes) is 5. The van der Waals surface area contributed by atoms with Crippen molar-refractivity contribution in [3.63, 3.8) is 0 Å². The molecule has 17 heavy (non-hydrogen) atoms. The molecule has 1 nitrogen and oxygen atoms in total. The van der Waals surface area contributed by atoms with E-state index in [-0.39, 0.29) is 5.22 Å². The first-order valence-electron chi connectivity index (χ1n) is 7.03. The molecule has 0 amide bonds. The molecule has 0 saturated carbocycles. The second-order valence-electron chi connectivity index (χ2n) is 5.25. The first-order chi connectivity index (χ1) is 8.06. The molecule has 2 heteroatoms. The van der Waals surface area contributed by atoms with E-state index in [1.807, 2.05) is 0 Å². The first-order valence-corrected chi connectivity index (χ1v) is 9.53. The zero-order valence-corrected chi connectivity index (χ0v) is 12.9. The molecule has 0 saturated heterocycles. The summed E-state index contributed by atoms with van der Waals surface area (Å²) in [5.41, 5.74) is 0. The van der Waals surface area contributed by atoms with Crippen LogP contribution in [-0.4, -0.2) is 19.1 Å². The van der Waals surface area contributed by atoms with Gasteiger partial charge in [-0.3, -0.25) is 0 Å². The molecule has 0 aromatic carbocycles. The molecule has 0 fully saturated rings. The number of rotatable bonds is 10. The van der Waals surface area contributed by atoms with Gasteiger partial charge in [0.1, 0.15) is 0 Å². The van der Waals surface area contributed by atoms with Crippen LogP contribution in [0.15, 0.2) is 0 Å². The van der Waals surface area contributed by atoms with Crippen LogP contribution in [-0.2, 0) is 0 Å². The van der Waals surface area contributed by atoms with Gasteiger partial charge in [0.25, 0.3) is 0 Å². The van der Waals surface area contributed by atoms with Crippen molar-refractivity contribution in [2.24, 2.45) is 0 Å². The zero-order valence-electron chi connectivity index (χ0n) is 11.9. The molecular formula is C15H29OSi. The Kier molecular flexibility index (Phi) is 9.58. The van der Waals surface area contributed by atoms with Crippen molar-refractivity contribution < 1.29 is 5.11 Å². The minimum atomic E-state index is -0.618. The second-order valence-corrected chi connectivity index (χ2v) is 8.18. The minimum Gasteiger partial charge on any atom is -0.394 e. The molecule has 99 valence electrons. The number of hydrogen-bond acceptors (Lipinski definition) is 1. The van der Waals surface area contributed by atoms with Gasteiger partial charge in [-0.05, 0) is 19.3 Å². The Hall–Kier alpha value is -0.263. The van der Waals surface area contributed by atoms with Gasteiger partial charge >= 0.3 is 0 Å². The van der Waals surface area contributed by atoms with Crippen molar-refractivity contribution in [3.8, 4) is 12.3 Å². The van der Waals surface area contributed by atoms with Crippen molar-refractivity contribution >= 4 is 8.80 Å². The van der Waals surface area contributed by atoms with Crippen molar-refractivity contribution in [2.75, 3.05) is 0 Å². The summed E-state index contributed by atoms with van der Waals surface area (Å²) < 4.78 is 0. The van der Waals surface area contributed by atoms with Crippen LogP contribution in [0.4, 0.5) is 0 Å². The van der Waals surface area contributed by atoms with E-state index in [0.29, 0.717) is 0 Å². The lowest BCUT2D eigenvalue weighted by Crippen LogP contribution is -2.42. The van der Waals surface area contributed by atoms with E-state index in [4.69, 9.17) is 6.42 Å². The van der Waals surface area contributed by atoms with Gasteiger partial charge < -0.3 is 5.11 Å². The Morgan fingerprint density at radius 2 is 1.65 bits per heavy atom. The van der Waals surface area contributed by atoms with Crippen molar-refractivity contribution in [1.29, 1.82) is 0 Å². The lowest BCUT2D eigenvalue weighted by Gasteiger charge is -2.31. The van der Waals surface area contributed by atoms with Gasteiger partial charge in [0.2, 0.25) is 0 Å². The maximum absolute atomic E-state index is 10.6. The van der Waals surface area contributed by atoms with Crippen LogP contribution in [0, 0.1) is 12.3 Å². The smallest absolute Gasteiger partial charge is 0.0821 e. The highest BCUT2D eigenvalue weighted by Gasteiger charge is 2.30. The Balaban J connectivity index is 3.81. The predicted octanol–water partition coefficient (Wildman–Crippen LogP) is 4.18. The van der Waals surface area contributed by atoms with Gasteiger partial charge in [-0.2, -0.15) is 0 Å². The van der Waals surface area contributed by atoms with Crippen LogP contribution < -0.4 is 0 Å². The fraction of sp³-hybridized carbons (Fsp3) is 0.867. The van der Waals surface area contributed by atoms with E-state index < -0.39 is 8.80 Å². The average molecular weight is 253 g/mol. The van der Waals surface area contributed by atoms with Crippen LogP contribution in [0.3, 0.4) is 0 Å². The first kappa shape index (κ1) is 16.7. The minimum absolute atomic E-state index is 0.340. The SMILES string of the molecule is C#CCCCCCCC(O)(CCCC)[Si](C)C. The van der Waals surface area contributed by atoms with Crippen LogP contribution >= 0.6 is 0 Å². The summed E-state index contributed by atoms with van der Waals surface area (Å²) in [6.07, 6.45) is 15.2. The van der Waals surface area contributed by atoms with Crippen molar-refractivity contribution in [3.05, 3.63) is 0 Å². The van der Waals surface area contributed by atoms with E-state index in [9.17, 15) is 5.11 Å². The van der Waals surface area contributed by atoms with E-state index >= 15 is 0 Å². The fourth-order valence-corrected chi connectivity index (χ4v) is 3.45. The summed E-state index contributed by atoms with van der Waals surface area (Å²) in [7, 11) is -0.618. The lowest BCUT2D eigenvalue weighted by molar-refractivity contribution is 0.0946. The summed E-state index contributed by atoms with van der Waals surface area (Å²) in [6.45, 7) is 6.66. The zero-order chi connectivity index (χ0) is 13.1. The molecule has 1 atom stereocenters. The fourth-order valence-electron chi connectivity index (χ4n) is 2.09. The van der Waals surface area contributed by atoms with Crippen molar-refractivity contribution in [2.45, 2.75) is 83.0 Å². The quantitative estimate of drug-likeness (QED) is 0.352. The molecule has 0 aromatic rings. The van der Waals surface area contributed by atoms with E-state index in [1.54, 1.807) is 0 Å². The summed E-state index contributed by atoms with van der Waals surface area (Å²) in [4.78, 5) is 0. The van der Waals surface area contributed by atoms with Crippen molar-refractivity contribution in [1.82, 2.24) is 0 Å². The monoisotopic (exact) mass is 253 g/mol. The van der Waals surface area contributed by atoms with Crippen LogP contribution in [0.2, 0.25) is 13.1 Å². The largest absolute Gasteiger partial charge is 0.394 e. The molecule has 0 aliphatic heterocycles. The van der Waals surface area contributed by atoms with Gasteiger partial charge in [0, 0.05) is 6.42 Å². The molecule has 1 radical (unpaired) electrons. The molecule has 0 aliphatic carbocycles.